The van der Waals surface area contributed by atoms with Crippen molar-refractivity contribution >= 4 is 17.7 Å². The lowest BCUT2D eigenvalue weighted by atomic mass is 9.77. The Morgan fingerprint density at radius 2 is 1.88 bits per heavy atom. The van der Waals surface area contributed by atoms with Gasteiger partial charge in [-0.25, -0.2) is 0 Å². The Labute approximate surface area is 93.8 Å². The van der Waals surface area contributed by atoms with Crippen LogP contribution in [0.3, 0.4) is 0 Å². The first-order valence-corrected chi connectivity index (χ1v) is 5.37. The number of carbonyl (C=O) groups is 3. The van der Waals surface area contributed by atoms with Crippen molar-refractivity contribution in [1.82, 2.24) is 0 Å². The highest BCUT2D eigenvalue weighted by Gasteiger charge is 2.33. The molecule has 5 heteroatoms. The van der Waals surface area contributed by atoms with Crippen LogP contribution in [0.15, 0.2) is 0 Å². The maximum Gasteiger partial charge on any atom is 0.306 e. The molecule has 5 nitrogen and oxygen atoms in total. The molecule has 0 heterocycles. The fourth-order valence-electron chi connectivity index (χ4n) is 2.13. The number of carboxylic acids is 1. The van der Waals surface area contributed by atoms with E-state index in [0.29, 0.717) is 12.8 Å². The minimum absolute atomic E-state index is 0.0749. The summed E-state index contributed by atoms with van der Waals surface area (Å²) in [7, 11) is 1.28. The van der Waals surface area contributed by atoms with Crippen LogP contribution < -0.4 is 0 Å². The summed E-state index contributed by atoms with van der Waals surface area (Å²) in [6.45, 7) is 0. The van der Waals surface area contributed by atoms with Crippen LogP contribution in [0, 0.1) is 11.8 Å². The zero-order valence-corrected chi connectivity index (χ0v) is 9.27. The Kier molecular flexibility index (Phi) is 4.46. The molecule has 2 unspecified atom stereocenters. The molecule has 0 bridgehead atoms. The number of carboxylic acid groups (broad SMARTS) is 1. The van der Waals surface area contributed by atoms with Gasteiger partial charge in [-0.2, -0.15) is 0 Å². The first-order valence-electron chi connectivity index (χ1n) is 5.37. The average Bonchev–Trinajstić information content (AvgIpc) is 2.23. The molecule has 16 heavy (non-hydrogen) atoms. The van der Waals surface area contributed by atoms with Gasteiger partial charge < -0.3 is 9.84 Å². The summed E-state index contributed by atoms with van der Waals surface area (Å²) in [5.41, 5.74) is 0. The van der Waals surface area contributed by atoms with E-state index >= 15 is 0 Å². The highest BCUT2D eigenvalue weighted by Crippen LogP contribution is 2.30. The quantitative estimate of drug-likeness (QED) is 0.726. The van der Waals surface area contributed by atoms with Gasteiger partial charge in [-0.15, -0.1) is 0 Å². The van der Waals surface area contributed by atoms with Crippen molar-refractivity contribution in [3.05, 3.63) is 0 Å². The predicted molar refractivity (Wildman–Crippen MR) is 54.7 cm³/mol. The Balaban J connectivity index is 2.56. The number of Topliss-reactive ketones (excluding diaryl/α,β-unsaturated/α-hetero) is 1. The molecule has 1 saturated carbocycles. The van der Waals surface area contributed by atoms with Gasteiger partial charge in [-0.1, -0.05) is 6.42 Å². The number of ketones is 1. The van der Waals surface area contributed by atoms with Crippen LogP contribution in [0.1, 0.15) is 32.1 Å². The van der Waals surface area contributed by atoms with Crippen LogP contribution in [0.25, 0.3) is 0 Å². The molecule has 1 N–H and O–H groups in total. The highest BCUT2D eigenvalue weighted by atomic mass is 16.5. The number of methoxy groups -OCH3 is 1. The molecule has 0 saturated heterocycles. The molecule has 0 spiro atoms. The summed E-state index contributed by atoms with van der Waals surface area (Å²) in [5, 5.41) is 8.65. The Bertz CT molecular complexity index is 297. The van der Waals surface area contributed by atoms with Crippen molar-refractivity contribution in [1.29, 1.82) is 0 Å². The van der Waals surface area contributed by atoms with Gasteiger partial charge in [0.05, 0.1) is 20.0 Å². The van der Waals surface area contributed by atoms with Crippen molar-refractivity contribution in [3.8, 4) is 0 Å². The Hall–Kier alpha value is -1.39. The molecule has 2 atom stereocenters. The molecule has 1 fully saturated rings. The summed E-state index contributed by atoms with van der Waals surface area (Å²) in [6, 6.07) is 0. The Morgan fingerprint density at radius 1 is 1.31 bits per heavy atom. The summed E-state index contributed by atoms with van der Waals surface area (Å²) < 4.78 is 4.51. The highest BCUT2D eigenvalue weighted by molar-refractivity contribution is 5.90. The monoisotopic (exact) mass is 228 g/mol. The number of ether oxygens (including phenoxy) is 1. The third-order valence-electron chi connectivity index (χ3n) is 2.97. The number of aliphatic carboxylic acids is 1. The molecule has 0 aromatic carbocycles. The number of carbonyl (C=O) groups excluding carboxylic acids is 2. The van der Waals surface area contributed by atoms with Crippen LogP contribution in [-0.2, 0) is 19.1 Å². The second kappa shape index (κ2) is 5.63. The third kappa shape index (κ3) is 3.32. The van der Waals surface area contributed by atoms with E-state index in [1.165, 1.54) is 7.11 Å². The van der Waals surface area contributed by atoms with E-state index in [2.05, 4.69) is 4.74 Å². The smallest absolute Gasteiger partial charge is 0.306 e. The van der Waals surface area contributed by atoms with Crippen molar-refractivity contribution in [2.75, 3.05) is 7.11 Å². The van der Waals surface area contributed by atoms with Crippen LogP contribution in [-0.4, -0.2) is 29.9 Å². The van der Waals surface area contributed by atoms with Crippen molar-refractivity contribution < 1.29 is 24.2 Å². The van der Waals surface area contributed by atoms with Crippen LogP contribution >= 0.6 is 0 Å². The van der Waals surface area contributed by atoms with Crippen LogP contribution in [0.5, 0.6) is 0 Å². The van der Waals surface area contributed by atoms with Crippen LogP contribution in [0.2, 0.25) is 0 Å². The largest absolute Gasteiger partial charge is 0.481 e. The van der Waals surface area contributed by atoms with Crippen LogP contribution in [0.4, 0.5) is 0 Å². The maximum absolute atomic E-state index is 11.8. The first kappa shape index (κ1) is 12.7. The summed E-state index contributed by atoms with van der Waals surface area (Å²) >= 11 is 0. The van der Waals surface area contributed by atoms with Gasteiger partial charge in [0.1, 0.15) is 5.78 Å². The first-order chi connectivity index (χ1) is 7.54. The molecule has 0 aromatic heterocycles. The van der Waals surface area contributed by atoms with E-state index in [1.807, 2.05) is 0 Å². The molecule has 0 aromatic rings. The normalized spacial score (nSPS) is 25.2. The predicted octanol–water partition coefficient (Wildman–Crippen LogP) is 1.01. The minimum atomic E-state index is -0.961. The van der Waals surface area contributed by atoms with Crippen molar-refractivity contribution in [3.63, 3.8) is 0 Å². The van der Waals surface area contributed by atoms with Crippen molar-refractivity contribution in [2.24, 2.45) is 11.8 Å². The van der Waals surface area contributed by atoms with E-state index in [4.69, 9.17) is 5.11 Å². The lowest BCUT2D eigenvalue weighted by Crippen LogP contribution is -2.31. The number of hydrogen-bond acceptors (Lipinski definition) is 4. The van der Waals surface area contributed by atoms with Gasteiger partial charge in [0.15, 0.2) is 0 Å². The molecule has 0 aliphatic heterocycles. The summed E-state index contributed by atoms with van der Waals surface area (Å²) in [4.78, 5) is 33.5. The fourth-order valence-corrected chi connectivity index (χ4v) is 2.13. The molecular formula is C11H16O5. The summed E-state index contributed by atoms with van der Waals surface area (Å²) in [5.74, 6) is -2.25. The topological polar surface area (TPSA) is 80.7 Å². The lowest BCUT2D eigenvalue weighted by Gasteiger charge is -2.26. The molecule has 0 radical (unpaired) electrons. The van der Waals surface area contributed by atoms with Gasteiger partial charge in [-0.3, -0.25) is 14.4 Å². The standard InChI is InChI=1S/C11H16O5/c1-16-10(14)6-8-4-2-3-7(11(8)15)5-9(12)13/h7-8H,2-6H2,1H3,(H,12,13). The SMILES string of the molecule is COC(=O)CC1CCCC(CC(=O)O)C1=O. The van der Waals surface area contributed by atoms with E-state index in [1.54, 1.807) is 0 Å². The fraction of sp³-hybridized carbons (Fsp3) is 0.727. The van der Waals surface area contributed by atoms with E-state index in [-0.39, 0.29) is 24.5 Å². The summed E-state index contributed by atoms with van der Waals surface area (Å²) in [6.07, 6.45) is 2.01. The van der Waals surface area contributed by atoms with E-state index in [9.17, 15) is 14.4 Å². The number of hydrogen-bond donors (Lipinski definition) is 1. The Morgan fingerprint density at radius 3 is 2.38 bits per heavy atom. The molecule has 90 valence electrons. The van der Waals surface area contributed by atoms with Gasteiger partial charge in [-0.05, 0) is 12.8 Å². The average molecular weight is 228 g/mol. The zero-order valence-electron chi connectivity index (χ0n) is 9.27. The number of esters is 1. The van der Waals surface area contributed by atoms with Gasteiger partial charge >= 0.3 is 11.9 Å². The van der Waals surface area contributed by atoms with Gasteiger partial charge in [0.25, 0.3) is 0 Å². The zero-order chi connectivity index (χ0) is 12.1. The van der Waals surface area contributed by atoms with E-state index < -0.39 is 17.9 Å². The minimum Gasteiger partial charge on any atom is -0.481 e. The molecule has 0 amide bonds. The van der Waals surface area contributed by atoms with E-state index in [0.717, 1.165) is 6.42 Å². The second-order valence-electron chi connectivity index (χ2n) is 4.11. The number of rotatable bonds is 4. The lowest BCUT2D eigenvalue weighted by molar-refractivity contribution is -0.146. The molecular weight excluding hydrogens is 212 g/mol. The molecule has 1 rings (SSSR count). The maximum atomic E-state index is 11.8. The second-order valence-corrected chi connectivity index (χ2v) is 4.11. The van der Waals surface area contributed by atoms with Crippen molar-refractivity contribution in [2.45, 2.75) is 32.1 Å². The van der Waals surface area contributed by atoms with Gasteiger partial charge in [0, 0.05) is 11.8 Å². The third-order valence-corrected chi connectivity index (χ3v) is 2.97. The van der Waals surface area contributed by atoms with Gasteiger partial charge in [0.2, 0.25) is 0 Å². The molecule has 1 aliphatic carbocycles. The molecule has 1 aliphatic rings.